The summed E-state index contributed by atoms with van der Waals surface area (Å²) >= 11 is 0. The van der Waals surface area contributed by atoms with Gasteiger partial charge in [0.15, 0.2) is 0 Å². The number of rotatable bonds is 20. The van der Waals surface area contributed by atoms with E-state index in [9.17, 15) is 0 Å². The lowest BCUT2D eigenvalue weighted by Gasteiger charge is -2.22. The van der Waals surface area contributed by atoms with Crippen LogP contribution in [0.2, 0.25) is 19.6 Å². The Morgan fingerprint density at radius 1 is 0.588 bits per heavy atom. The first-order chi connectivity index (χ1) is 16.4. The quantitative estimate of drug-likeness (QED) is 0.101. The van der Waals surface area contributed by atoms with Gasteiger partial charge >= 0.3 is 0 Å². The molecule has 0 fully saturated rings. The van der Waals surface area contributed by atoms with E-state index in [1.165, 1.54) is 127 Å². The van der Waals surface area contributed by atoms with Gasteiger partial charge in [0.2, 0.25) is 0 Å². The monoisotopic (exact) mass is 483 g/mol. The molecule has 0 spiro atoms. The lowest BCUT2D eigenvalue weighted by Crippen LogP contribution is -2.25. The minimum atomic E-state index is -1.31. The fraction of sp³-hybridized carbons (Fsp3) is 0.750. The van der Waals surface area contributed by atoms with E-state index < -0.39 is 8.07 Å². The Labute approximate surface area is 215 Å². The molecular formula is C32H57NSi. The van der Waals surface area contributed by atoms with Crippen molar-refractivity contribution in [3.63, 3.8) is 0 Å². The van der Waals surface area contributed by atoms with E-state index in [0.29, 0.717) is 0 Å². The second-order valence-electron chi connectivity index (χ2n) is 11.4. The maximum absolute atomic E-state index is 3.49. The molecule has 0 aliphatic carbocycles. The first-order valence-corrected chi connectivity index (χ1v) is 18.3. The second kappa shape index (κ2) is 20.2. The van der Waals surface area contributed by atoms with Gasteiger partial charge in [-0.1, -0.05) is 141 Å². The normalized spacial score (nSPS) is 11.6. The first-order valence-electron chi connectivity index (χ1n) is 14.8. The zero-order valence-corrected chi connectivity index (χ0v) is 24.7. The van der Waals surface area contributed by atoms with Crippen molar-refractivity contribution in [1.82, 2.24) is 4.90 Å². The van der Waals surface area contributed by atoms with Gasteiger partial charge < -0.3 is 0 Å². The summed E-state index contributed by atoms with van der Waals surface area (Å²) in [6.07, 6.45) is 22.4. The standard InChI is InChI=1S/C32H57NSi/c1-6-8-10-12-14-16-18-20-27-33(28-21-19-17-15-13-11-9-7-2)30-32-24-22-31(23-25-32)26-29-34(3,4)5/h22-25H,6-21,27-28,30H2,1-5H3. The summed E-state index contributed by atoms with van der Waals surface area (Å²) in [6, 6.07) is 9.08. The molecule has 0 N–H and O–H groups in total. The van der Waals surface area contributed by atoms with Crippen LogP contribution in [0.5, 0.6) is 0 Å². The highest BCUT2D eigenvalue weighted by Gasteiger charge is 2.08. The predicted octanol–water partition coefficient (Wildman–Crippen LogP) is 10.00. The fourth-order valence-electron chi connectivity index (χ4n) is 4.42. The SMILES string of the molecule is CCCCCCCCCCN(CCCCCCCCCC)Cc1ccc(C#C[Si](C)(C)C)cc1. The molecule has 0 aromatic heterocycles. The summed E-state index contributed by atoms with van der Waals surface area (Å²) in [6.45, 7) is 15.1. The van der Waals surface area contributed by atoms with Crippen LogP contribution in [-0.4, -0.2) is 26.1 Å². The molecule has 1 nitrogen and oxygen atoms in total. The lowest BCUT2D eigenvalue weighted by molar-refractivity contribution is 0.252. The highest BCUT2D eigenvalue weighted by molar-refractivity contribution is 6.83. The number of unbranched alkanes of at least 4 members (excludes halogenated alkanes) is 14. The zero-order chi connectivity index (χ0) is 24.9. The maximum Gasteiger partial charge on any atom is 0.129 e. The molecule has 0 saturated carbocycles. The van der Waals surface area contributed by atoms with Crippen LogP contribution in [-0.2, 0) is 6.54 Å². The Bertz CT molecular complexity index is 626. The summed E-state index contributed by atoms with van der Waals surface area (Å²) in [4.78, 5) is 2.72. The Balaban J connectivity index is 2.45. The molecule has 1 rings (SSSR count). The van der Waals surface area contributed by atoms with Crippen molar-refractivity contribution in [2.75, 3.05) is 13.1 Å². The van der Waals surface area contributed by atoms with Gasteiger partial charge in [-0.25, -0.2) is 0 Å². The van der Waals surface area contributed by atoms with Gasteiger partial charge in [0.05, 0.1) is 0 Å². The van der Waals surface area contributed by atoms with Gasteiger partial charge in [-0.3, -0.25) is 4.90 Å². The molecule has 1 aromatic rings. The predicted molar refractivity (Wildman–Crippen MR) is 157 cm³/mol. The molecule has 0 heterocycles. The van der Waals surface area contributed by atoms with Gasteiger partial charge in [0, 0.05) is 12.1 Å². The van der Waals surface area contributed by atoms with E-state index in [1.54, 1.807) is 0 Å². The van der Waals surface area contributed by atoms with Gasteiger partial charge in [0.25, 0.3) is 0 Å². The molecule has 2 heteroatoms. The maximum atomic E-state index is 3.49. The second-order valence-corrected chi connectivity index (χ2v) is 16.2. The Hall–Kier alpha value is -1.04. The van der Waals surface area contributed by atoms with Crippen LogP contribution in [0.4, 0.5) is 0 Å². The molecular weight excluding hydrogens is 426 g/mol. The van der Waals surface area contributed by atoms with Crippen molar-refractivity contribution in [2.24, 2.45) is 0 Å². The first kappa shape index (κ1) is 31.0. The van der Waals surface area contributed by atoms with Crippen LogP contribution in [0.15, 0.2) is 24.3 Å². The van der Waals surface area contributed by atoms with Gasteiger partial charge in [-0.2, -0.15) is 0 Å². The van der Waals surface area contributed by atoms with Crippen molar-refractivity contribution in [3.05, 3.63) is 35.4 Å². The summed E-state index contributed by atoms with van der Waals surface area (Å²) in [5.41, 5.74) is 6.10. The Morgan fingerprint density at radius 2 is 1.00 bits per heavy atom. The summed E-state index contributed by atoms with van der Waals surface area (Å²) < 4.78 is 0. The van der Waals surface area contributed by atoms with Crippen LogP contribution in [0.25, 0.3) is 0 Å². The fourth-order valence-corrected chi connectivity index (χ4v) is 4.94. The third kappa shape index (κ3) is 18.3. The van der Waals surface area contributed by atoms with Crippen LogP contribution in [0, 0.1) is 11.5 Å². The van der Waals surface area contributed by atoms with Crippen molar-refractivity contribution >= 4 is 8.07 Å². The molecule has 194 valence electrons. The topological polar surface area (TPSA) is 3.24 Å². The third-order valence-corrected chi connectivity index (χ3v) is 7.47. The van der Waals surface area contributed by atoms with Crippen molar-refractivity contribution < 1.29 is 0 Å². The molecule has 0 saturated heterocycles. The molecule has 0 amide bonds. The van der Waals surface area contributed by atoms with E-state index >= 15 is 0 Å². The van der Waals surface area contributed by atoms with Crippen LogP contribution in [0.3, 0.4) is 0 Å². The largest absolute Gasteiger partial charge is 0.299 e. The van der Waals surface area contributed by atoms with Crippen molar-refractivity contribution in [3.8, 4) is 11.5 Å². The van der Waals surface area contributed by atoms with Gasteiger partial charge in [-0.15, -0.1) is 5.54 Å². The van der Waals surface area contributed by atoms with Gasteiger partial charge in [0.1, 0.15) is 8.07 Å². The highest BCUT2D eigenvalue weighted by Crippen LogP contribution is 2.14. The molecule has 0 radical (unpaired) electrons. The average Bonchev–Trinajstić information content (AvgIpc) is 2.81. The summed E-state index contributed by atoms with van der Waals surface area (Å²) in [5, 5.41) is 0. The minimum Gasteiger partial charge on any atom is -0.299 e. The van der Waals surface area contributed by atoms with Gasteiger partial charge in [-0.05, 0) is 43.6 Å². The van der Waals surface area contributed by atoms with Crippen LogP contribution in [0.1, 0.15) is 128 Å². The number of nitrogens with zero attached hydrogens (tertiary/aromatic N) is 1. The highest BCUT2D eigenvalue weighted by atomic mass is 28.3. The molecule has 0 atom stereocenters. The summed E-state index contributed by atoms with van der Waals surface area (Å²) in [7, 11) is -1.31. The molecule has 0 bridgehead atoms. The Kier molecular flexibility index (Phi) is 18.4. The van der Waals surface area contributed by atoms with Crippen LogP contribution >= 0.6 is 0 Å². The third-order valence-electron chi connectivity index (χ3n) is 6.60. The molecule has 1 aromatic carbocycles. The average molecular weight is 484 g/mol. The molecule has 0 unspecified atom stereocenters. The van der Waals surface area contributed by atoms with E-state index in [4.69, 9.17) is 0 Å². The van der Waals surface area contributed by atoms with E-state index in [1.807, 2.05) is 0 Å². The zero-order valence-electron chi connectivity index (χ0n) is 23.7. The smallest absolute Gasteiger partial charge is 0.129 e. The molecule has 0 aliphatic rings. The molecule has 0 aliphatic heterocycles. The lowest BCUT2D eigenvalue weighted by atomic mass is 10.1. The molecule has 34 heavy (non-hydrogen) atoms. The Morgan fingerprint density at radius 3 is 1.41 bits per heavy atom. The van der Waals surface area contributed by atoms with E-state index in [0.717, 1.165) is 6.54 Å². The minimum absolute atomic E-state index is 1.09. The number of hydrogen-bond donors (Lipinski definition) is 0. The van der Waals surface area contributed by atoms with E-state index in [2.05, 4.69) is 74.1 Å². The van der Waals surface area contributed by atoms with Crippen molar-refractivity contribution in [1.29, 1.82) is 0 Å². The number of benzene rings is 1. The van der Waals surface area contributed by atoms with Crippen molar-refractivity contribution in [2.45, 2.75) is 143 Å². The summed E-state index contributed by atoms with van der Waals surface area (Å²) in [5.74, 6) is 3.40. The van der Waals surface area contributed by atoms with Crippen LogP contribution < -0.4 is 0 Å². The number of hydrogen-bond acceptors (Lipinski definition) is 1. The van der Waals surface area contributed by atoms with E-state index in [-0.39, 0.29) is 0 Å².